The van der Waals surface area contributed by atoms with Crippen molar-refractivity contribution in [2.75, 3.05) is 12.5 Å². The van der Waals surface area contributed by atoms with Crippen molar-refractivity contribution in [3.8, 4) is 11.5 Å². The zero-order chi connectivity index (χ0) is 31.8. The molecule has 7 rings (SSSR count). The Bertz CT molecular complexity index is 1810. The van der Waals surface area contributed by atoms with Crippen LogP contribution in [0.1, 0.15) is 29.9 Å². The minimum absolute atomic E-state index is 0.0429. The number of nitrogens with zero attached hydrogens (tertiary/aromatic N) is 2. The van der Waals surface area contributed by atoms with Gasteiger partial charge < -0.3 is 9.84 Å². The van der Waals surface area contributed by atoms with Crippen molar-refractivity contribution in [1.82, 2.24) is 10.1 Å². The molecular formula is C33H27Cl2N3O7. The highest BCUT2D eigenvalue weighted by Gasteiger charge is 2.70. The molecule has 0 spiro atoms. The number of hydrazine groups is 1. The van der Waals surface area contributed by atoms with Gasteiger partial charge in [0.25, 0.3) is 23.6 Å². The summed E-state index contributed by atoms with van der Waals surface area (Å²) < 4.78 is 5.39. The summed E-state index contributed by atoms with van der Waals surface area (Å²) in [6, 6.07) is 18.0. The number of rotatable bonds is 5. The number of phenolic OH excluding ortho intramolecular Hbond substituents is 1. The second-order valence-electron chi connectivity index (χ2n) is 11.8. The van der Waals surface area contributed by atoms with Crippen molar-refractivity contribution in [1.29, 1.82) is 0 Å². The molecule has 6 atom stereocenters. The summed E-state index contributed by atoms with van der Waals surface area (Å²) in [4.78, 5) is 55.7. The summed E-state index contributed by atoms with van der Waals surface area (Å²) in [5.74, 6) is -6.20. The molecule has 3 N–H and O–H groups in total. The van der Waals surface area contributed by atoms with Crippen LogP contribution in [0.25, 0.3) is 0 Å². The van der Waals surface area contributed by atoms with Crippen LogP contribution in [-0.4, -0.2) is 51.1 Å². The molecule has 3 fully saturated rings. The standard InChI is InChI=1S/C33H27Cl2N3O7/c1-45-20-8-5-17(6-9-20)33-24(30(41)37(32(33)43)36-26-12-7-18(34)14-25(26)35)15-23-21(28(33)16-3-2-4-19(39)13-16)10-11-22-27(23)31(42)38(44)29(22)40/h2-10,12-14,22-24,27-28,36,39,44H,11,15H2,1H3. The van der Waals surface area contributed by atoms with E-state index in [0.29, 0.717) is 27.5 Å². The normalized spacial score (nSPS) is 28.9. The van der Waals surface area contributed by atoms with E-state index in [9.17, 15) is 24.7 Å². The highest BCUT2D eigenvalue weighted by Crippen LogP contribution is 2.64. The number of phenols is 1. The van der Waals surface area contributed by atoms with E-state index < -0.39 is 58.6 Å². The van der Waals surface area contributed by atoms with E-state index in [-0.39, 0.29) is 34.4 Å². The molecule has 2 aliphatic heterocycles. The number of carbonyl (C=O) groups excluding carboxylic acids is 4. The summed E-state index contributed by atoms with van der Waals surface area (Å²) in [5.41, 5.74) is 3.44. The summed E-state index contributed by atoms with van der Waals surface area (Å²) in [6.07, 6.45) is 2.08. The van der Waals surface area contributed by atoms with Crippen LogP contribution in [-0.2, 0) is 24.6 Å². The molecule has 6 unspecified atom stereocenters. The van der Waals surface area contributed by atoms with Gasteiger partial charge in [0.15, 0.2) is 0 Å². The molecule has 2 saturated heterocycles. The number of hydrogen-bond acceptors (Lipinski definition) is 8. The molecule has 4 aliphatic rings. The number of nitrogens with one attached hydrogen (secondary N) is 1. The maximum absolute atomic E-state index is 15.0. The molecule has 0 bridgehead atoms. The third-order valence-corrected chi connectivity index (χ3v) is 10.3. The van der Waals surface area contributed by atoms with Crippen molar-refractivity contribution in [2.24, 2.45) is 23.7 Å². The van der Waals surface area contributed by atoms with E-state index in [1.165, 1.54) is 19.2 Å². The van der Waals surface area contributed by atoms with E-state index >= 15 is 4.79 Å². The average molecular weight is 648 g/mol. The molecule has 1 saturated carbocycles. The molecule has 3 aromatic rings. The number of hydroxylamine groups is 2. The minimum Gasteiger partial charge on any atom is -0.508 e. The molecular weight excluding hydrogens is 621 g/mol. The van der Waals surface area contributed by atoms with Gasteiger partial charge in [0.2, 0.25) is 0 Å². The average Bonchev–Trinajstić information content (AvgIpc) is 3.38. The largest absolute Gasteiger partial charge is 0.508 e. The molecule has 2 heterocycles. The van der Waals surface area contributed by atoms with E-state index in [0.717, 1.165) is 5.01 Å². The predicted molar refractivity (Wildman–Crippen MR) is 162 cm³/mol. The summed E-state index contributed by atoms with van der Waals surface area (Å²) >= 11 is 12.5. The molecule has 4 amide bonds. The third kappa shape index (κ3) is 4.19. The van der Waals surface area contributed by atoms with Crippen LogP contribution in [0.15, 0.2) is 78.4 Å². The quantitative estimate of drug-likeness (QED) is 0.198. The number of anilines is 1. The van der Waals surface area contributed by atoms with Crippen molar-refractivity contribution in [2.45, 2.75) is 24.2 Å². The number of aromatic hydroxyl groups is 1. The lowest BCUT2D eigenvalue weighted by molar-refractivity contribution is -0.173. The number of ether oxygens (including phenoxy) is 1. The van der Waals surface area contributed by atoms with Crippen molar-refractivity contribution < 1.29 is 34.2 Å². The molecule has 12 heteroatoms. The minimum atomic E-state index is -1.54. The molecule has 3 aromatic carbocycles. The van der Waals surface area contributed by atoms with Crippen LogP contribution in [0.3, 0.4) is 0 Å². The number of halogens is 2. The van der Waals surface area contributed by atoms with Crippen LogP contribution >= 0.6 is 23.2 Å². The summed E-state index contributed by atoms with van der Waals surface area (Å²) in [5, 5.41) is 22.6. The first-order valence-corrected chi connectivity index (χ1v) is 15.1. The van der Waals surface area contributed by atoms with Crippen LogP contribution in [0.4, 0.5) is 5.69 Å². The fraction of sp³-hybridized carbons (Fsp3) is 0.273. The number of imide groups is 2. The Labute approximate surface area is 267 Å². The lowest BCUT2D eigenvalue weighted by atomic mass is 9.49. The first-order chi connectivity index (χ1) is 21.6. The van der Waals surface area contributed by atoms with Crippen molar-refractivity contribution >= 4 is 52.5 Å². The van der Waals surface area contributed by atoms with E-state index in [1.54, 1.807) is 54.6 Å². The maximum Gasteiger partial charge on any atom is 0.260 e. The number of fused-ring (bicyclic) bond motifs is 4. The highest BCUT2D eigenvalue weighted by atomic mass is 35.5. The van der Waals surface area contributed by atoms with Gasteiger partial charge in [-0.2, -0.15) is 10.1 Å². The fourth-order valence-corrected chi connectivity index (χ4v) is 8.36. The Morgan fingerprint density at radius 3 is 2.38 bits per heavy atom. The van der Waals surface area contributed by atoms with Gasteiger partial charge >= 0.3 is 0 Å². The Morgan fingerprint density at radius 1 is 0.933 bits per heavy atom. The van der Waals surface area contributed by atoms with Crippen LogP contribution < -0.4 is 10.2 Å². The van der Waals surface area contributed by atoms with E-state index in [1.807, 2.05) is 6.08 Å². The lowest BCUT2D eigenvalue weighted by Gasteiger charge is -2.50. The summed E-state index contributed by atoms with van der Waals surface area (Å²) in [6.45, 7) is 0. The van der Waals surface area contributed by atoms with Gasteiger partial charge in [-0.15, -0.1) is 0 Å². The number of allylic oxidation sites excluding steroid dienone is 2. The van der Waals surface area contributed by atoms with Gasteiger partial charge in [0.05, 0.1) is 41.0 Å². The monoisotopic (exact) mass is 647 g/mol. The molecule has 230 valence electrons. The number of carbonyl (C=O) groups is 4. The number of hydrogen-bond donors (Lipinski definition) is 3. The fourth-order valence-electron chi connectivity index (χ4n) is 7.91. The van der Waals surface area contributed by atoms with Crippen LogP contribution in [0, 0.1) is 23.7 Å². The van der Waals surface area contributed by atoms with Gasteiger partial charge in [0.1, 0.15) is 11.5 Å². The first-order valence-electron chi connectivity index (χ1n) is 14.4. The van der Waals surface area contributed by atoms with Gasteiger partial charge in [-0.1, -0.05) is 59.1 Å². The second-order valence-corrected chi connectivity index (χ2v) is 12.6. The van der Waals surface area contributed by atoms with Crippen molar-refractivity contribution in [3.05, 3.63) is 99.6 Å². The van der Waals surface area contributed by atoms with E-state index in [2.05, 4.69) is 5.43 Å². The predicted octanol–water partition coefficient (Wildman–Crippen LogP) is 5.08. The van der Waals surface area contributed by atoms with Gasteiger partial charge in [-0.25, -0.2) is 0 Å². The molecule has 10 nitrogen and oxygen atoms in total. The number of amides is 4. The molecule has 45 heavy (non-hydrogen) atoms. The Hall–Kier alpha value is -4.38. The first kappa shape index (κ1) is 29.3. The SMILES string of the molecule is COc1ccc(C23C(=O)N(Nc4ccc(Cl)cc4Cl)C(=O)C2CC2C(=CCC4C(=O)N(O)C(=O)C42)C3c2cccc(O)c2)cc1. The maximum atomic E-state index is 15.0. The molecule has 0 radical (unpaired) electrons. The van der Waals surface area contributed by atoms with Gasteiger partial charge in [0, 0.05) is 10.9 Å². The smallest absolute Gasteiger partial charge is 0.260 e. The Kier molecular flexibility index (Phi) is 6.92. The van der Waals surface area contributed by atoms with Gasteiger partial charge in [-0.05, 0) is 72.4 Å². The Morgan fingerprint density at radius 2 is 1.69 bits per heavy atom. The third-order valence-electron chi connectivity index (χ3n) is 9.76. The van der Waals surface area contributed by atoms with Crippen molar-refractivity contribution in [3.63, 3.8) is 0 Å². The molecule has 2 aliphatic carbocycles. The van der Waals surface area contributed by atoms with E-state index in [4.69, 9.17) is 27.9 Å². The topological polar surface area (TPSA) is 136 Å². The number of benzene rings is 3. The second kappa shape index (κ2) is 10.6. The zero-order valence-electron chi connectivity index (χ0n) is 23.8. The highest BCUT2D eigenvalue weighted by molar-refractivity contribution is 6.36. The van der Waals surface area contributed by atoms with Crippen LogP contribution in [0.2, 0.25) is 10.0 Å². The molecule has 0 aromatic heterocycles. The zero-order valence-corrected chi connectivity index (χ0v) is 25.3. The van der Waals surface area contributed by atoms with Crippen LogP contribution in [0.5, 0.6) is 11.5 Å². The van der Waals surface area contributed by atoms with Gasteiger partial charge in [-0.3, -0.25) is 29.8 Å². The Balaban J connectivity index is 1.47. The number of methoxy groups -OCH3 is 1. The lowest BCUT2D eigenvalue weighted by Crippen LogP contribution is -2.53. The summed E-state index contributed by atoms with van der Waals surface area (Å²) in [7, 11) is 1.52.